The number of nitrogens with two attached hydrogens (primary N) is 1. The van der Waals surface area contributed by atoms with Gasteiger partial charge in [-0.05, 0) is 55.4 Å². The summed E-state index contributed by atoms with van der Waals surface area (Å²) in [6, 6.07) is 4.96. The Morgan fingerprint density at radius 1 is 1.21 bits per heavy atom. The Kier molecular flexibility index (Phi) is 3.87. The molecule has 0 saturated heterocycles. The Morgan fingerprint density at radius 2 is 1.89 bits per heavy atom. The molecule has 1 aliphatic carbocycles. The molecule has 19 heavy (non-hydrogen) atoms. The lowest BCUT2D eigenvalue weighted by atomic mass is 9.98. The fourth-order valence-electron chi connectivity index (χ4n) is 2.73. The summed E-state index contributed by atoms with van der Waals surface area (Å²) in [6.45, 7) is 6.12. The molecule has 0 aromatic heterocycles. The van der Waals surface area contributed by atoms with Gasteiger partial charge in [-0.15, -0.1) is 0 Å². The van der Waals surface area contributed by atoms with E-state index in [2.05, 4.69) is 18.6 Å². The molecule has 1 aromatic carbocycles. The highest BCUT2D eigenvalue weighted by molar-refractivity contribution is 7.89. The summed E-state index contributed by atoms with van der Waals surface area (Å²) in [5, 5.41) is 0. The molecule has 3 unspecified atom stereocenters. The van der Waals surface area contributed by atoms with Crippen molar-refractivity contribution in [1.29, 1.82) is 0 Å². The molecule has 2 rings (SSSR count). The van der Waals surface area contributed by atoms with Crippen LogP contribution in [0.4, 0.5) is 5.69 Å². The van der Waals surface area contributed by atoms with Crippen molar-refractivity contribution in [2.75, 3.05) is 5.73 Å². The van der Waals surface area contributed by atoms with Gasteiger partial charge in [0.15, 0.2) is 0 Å². The first-order valence-electron chi connectivity index (χ1n) is 6.69. The van der Waals surface area contributed by atoms with Gasteiger partial charge in [-0.25, -0.2) is 13.1 Å². The minimum Gasteiger partial charge on any atom is -0.399 e. The van der Waals surface area contributed by atoms with Gasteiger partial charge in [-0.3, -0.25) is 0 Å². The van der Waals surface area contributed by atoms with E-state index in [0.29, 0.717) is 17.5 Å². The van der Waals surface area contributed by atoms with Crippen LogP contribution in [0, 0.1) is 18.8 Å². The van der Waals surface area contributed by atoms with Crippen molar-refractivity contribution < 1.29 is 8.42 Å². The molecule has 1 aliphatic rings. The van der Waals surface area contributed by atoms with Gasteiger partial charge in [-0.1, -0.05) is 13.8 Å². The third kappa shape index (κ3) is 3.09. The van der Waals surface area contributed by atoms with Crippen molar-refractivity contribution in [1.82, 2.24) is 4.72 Å². The van der Waals surface area contributed by atoms with Crippen molar-refractivity contribution in [2.45, 2.75) is 44.6 Å². The third-order valence-corrected chi connectivity index (χ3v) is 5.62. The second-order valence-electron chi connectivity index (χ2n) is 5.72. The van der Waals surface area contributed by atoms with Crippen LogP contribution in [-0.4, -0.2) is 14.5 Å². The molecule has 1 fully saturated rings. The van der Waals surface area contributed by atoms with E-state index < -0.39 is 10.0 Å². The van der Waals surface area contributed by atoms with E-state index in [1.807, 2.05) is 6.92 Å². The predicted octanol–water partition coefficient (Wildman–Crippen LogP) is 2.29. The van der Waals surface area contributed by atoms with Crippen LogP contribution in [0.5, 0.6) is 0 Å². The van der Waals surface area contributed by atoms with Crippen LogP contribution >= 0.6 is 0 Å². The molecule has 3 atom stereocenters. The molecule has 0 aliphatic heterocycles. The maximum Gasteiger partial charge on any atom is 0.240 e. The zero-order valence-electron chi connectivity index (χ0n) is 11.7. The van der Waals surface area contributed by atoms with Crippen LogP contribution in [0.2, 0.25) is 0 Å². The average molecular weight is 282 g/mol. The maximum absolute atomic E-state index is 12.4. The minimum absolute atomic E-state index is 0.0294. The smallest absolute Gasteiger partial charge is 0.240 e. The largest absolute Gasteiger partial charge is 0.399 e. The van der Waals surface area contributed by atoms with E-state index in [0.717, 1.165) is 18.4 Å². The van der Waals surface area contributed by atoms with E-state index >= 15 is 0 Å². The number of rotatable bonds is 3. The molecule has 1 saturated carbocycles. The summed E-state index contributed by atoms with van der Waals surface area (Å²) in [7, 11) is -3.48. The van der Waals surface area contributed by atoms with E-state index in [-0.39, 0.29) is 10.9 Å². The van der Waals surface area contributed by atoms with E-state index in [4.69, 9.17) is 5.73 Å². The lowest BCUT2D eigenvalue weighted by Gasteiger charge is -2.20. The summed E-state index contributed by atoms with van der Waals surface area (Å²) >= 11 is 0. The highest BCUT2D eigenvalue weighted by Gasteiger charge is 2.33. The minimum atomic E-state index is -3.48. The summed E-state index contributed by atoms with van der Waals surface area (Å²) in [6.07, 6.45) is 1.98. The molecule has 106 valence electrons. The number of aryl methyl sites for hydroxylation is 1. The monoisotopic (exact) mass is 282 g/mol. The summed E-state index contributed by atoms with van der Waals surface area (Å²) in [5.41, 5.74) is 7.06. The molecule has 0 radical (unpaired) electrons. The standard InChI is InChI=1S/C14H22N2O2S/c1-9-6-12(15)8-13(7-9)19(17,18)16-14-5-4-10(2)11(14)3/h6-8,10-11,14,16H,4-5,15H2,1-3H3. The van der Waals surface area contributed by atoms with Crippen LogP contribution in [0.3, 0.4) is 0 Å². The van der Waals surface area contributed by atoms with Gasteiger partial charge in [0.25, 0.3) is 0 Å². The summed E-state index contributed by atoms with van der Waals surface area (Å²) < 4.78 is 27.6. The average Bonchev–Trinajstić information content (AvgIpc) is 2.59. The molecule has 4 nitrogen and oxygen atoms in total. The molecular formula is C14H22N2O2S. The number of benzene rings is 1. The van der Waals surface area contributed by atoms with Crippen molar-refractivity contribution in [3.63, 3.8) is 0 Å². The highest BCUT2D eigenvalue weighted by Crippen LogP contribution is 2.32. The van der Waals surface area contributed by atoms with Gasteiger partial charge in [0, 0.05) is 11.7 Å². The zero-order valence-corrected chi connectivity index (χ0v) is 12.5. The topological polar surface area (TPSA) is 72.2 Å². The van der Waals surface area contributed by atoms with Gasteiger partial charge in [0.1, 0.15) is 0 Å². The maximum atomic E-state index is 12.4. The highest BCUT2D eigenvalue weighted by atomic mass is 32.2. The van der Waals surface area contributed by atoms with Crippen LogP contribution in [0.25, 0.3) is 0 Å². The normalized spacial score (nSPS) is 27.6. The lowest BCUT2D eigenvalue weighted by molar-refractivity contribution is 0.402. The first-order valence-corrected chi connectivity index (χ1v) is 8.17. The van der Waals surface area contributed by atoms with Gasteiger partial charge in [-0.2, -0.15) is 0 Å². The Hall–Kier alpha value is -1.07. The Morgan fingerprint density at radius 3 is 2.42 bits per heavy atom. The molecule has 0 amide bonds. The van der Waals surface area contributed by atoms with Gasteiger partial charge >= 0.3 is 0 Å². The van der Waals surface area contributed by atoms with Crippen molar-refractivity contribution in [2.24, 2.45) is 11.8 Å². The number of hydrogen-bond acceptors (Lipinski definition) is 3. The predicted molar refractivity (Wildman–Crippen MR) is 77.3 cm³/mol. The molecule has 3 N–H and O–H groups in total. The van der Waals surface area contributed by atoms with Crippen LogP contribution < -0.4 is 10.5 Å². The van der Waals surface area contributed by atoms with E-state index in [9.17, 15) is 8.42 Å². The fourth-order valence-corrected chi connectivity index (χ4v) is 4.23. The summed E-state index contributed by atoms with van der Waals surface area (Å²) in [4.78, 5) is 0.261. The Balaban J connectivity index is 2.23. The zero-order chi connectivity index (χ0) is 14.2. The third-order valence-electron chi connectivity index (χ3n) is 4.16. The fraction of sp³-hybridized carbons (Fsp3) is 0.571. The number of nitrogens with one attached hydrogen (secondary N) is 1. The van der Waals surface area contributed by atoms with Gasteiger partial charge < -0.3 is 5.73 Å². The lowest BCUT2D eigenvalue weighted by Crippen LogP contribution is -2.37. The molecule has 1 aromatic rings. The molecule has 0 bridgehead atoms. The van der Waals surface area contributed by atoms with Crippen molar-refractivity contribution >= 4 is 15.7 Å². The van der Waals surface area contributed by atoms with Crippen LogP contribution in [-0.2, 0) is 10.0 Å². The molecule has 0 spiro atoms. The van der Waals surface area contributed by atoms with Crippen LogP contribution in [0.1, 0.15) is 32.3 Å². The van der Waals surface area contributed by atoms with Crippen molar-refractivity contribution in [3.8, 4) is 0 Å². The molecule has 0 heterocycles. The van der Waals surface area contributed by atoms with Crippen LogP contribution in [0.15, 0.2) is 23.1 Å². The molecular weight excluding hydrogens is 260 g/mol. The quantitative estimate of drug-likeness (QED) is 0.835. The number of nitrogen functional groups attached to an aromatic ring is 1. The first kappa shape index (κ1) is 14.3. The van der Waals surface area contributed by atoms with E-state index in [1.54, 1.807) is 12.1 Å². The van der Waals surface area contributed by atoms with E-state index in [1.165, 1.54) is 6.07 Å². The number of anilines is 1. The number of hydrogen-bond donors (Lipinski definition) is 2. The Bertz CT molecular complexity index is 549. The Labute approximate surface area is 115 Å². The SMILES string of the molecule is Cc1cc(N)cc(S(=O)(=O)NC2CCC(C)C2C)c1. The summed E-state index contributed by atoms with van der Waals surface area (Å²) in [5.74, 6) is 0.937. The second-order valence-corrected chi connectivity index (χ2v) is 7.43. The molecule has 5 heteroatoms. The van der Waals surface area contributed by atoms with Gasteiger partial charge in [0.05, 0.1) is 4.90 Å². The first-order chi connectivity index (χ1) is 8.79. The number of sulfonamides is 1. The van der Waals surface area contributed by atoms with Gasteiger partial charge in [0.2, 0.25) is 10.0 Å². The van der Waals surface area contributed by atoms with Crippen molar-refractivity contribution in [3.05, 3.63) is 23.8 Å². The second kappa shape index (κ2) is 5.13.